The molecule has 0 aromatic carbocycles. The zero-order valence-electron chi connectivity index (χ0n) is 4.72. The molecule has 0 heterocycles. The molecular weight excluding hydrogens is 106 g/mol. The first-order valence-corrected chi connectivity index (χ1v) is 2.33. The van der Waals surface area contributed by atoms with E-state index in [2.05, 4.69) is 5.32 Å². The van der Waals surface area contributed by atoms with E-state index < -0.39 is 5.97 Å². The van der Waals surface area contributed by atoms with Gasteiger partial charge in [-0.1, -0.05) is 6.08 Å². The molecule has 0 atom stereocenters. The quantitative estimate of drug-likeness (QED) is 0.552. The number of nitrogens with one attached hydrogen (secondary N) is 1. The van der Waals surface area contributed by atoms with E-state index in [9.17, 15) is 4.79 Å². The van der Waals surface area contributed by atoms with Crippen LogP contribution in [0.2, 0.25) is 0 Å². The summed E-state index contributed by atoms with van der Waals surface area (Å²) in [5.41, 5.74) is 0. The largest absolute Gasteiger partial charge is 0.480 e. The zero-order valence-corrected chi connectivity index (χ0v) is 4.72. The van der Waals surface area contributed by atoms with E-state index in [1.807, 2.05) is 6.92 Å². The number of hydrogen-bond donors (Lipinski definition) is 2. The van der Waals surface area contributed by atoms with Gasteiger partial charge in [-0.05, 0) is 13.1 Å². The fourth-order valence-electron chi connectivity index (χ4n) is 0.264. The lowest BCUT2D eigenvalue weighted by Gasteiger charge is -1.89. The third kappa shape index (κ3) is 5.01. The number of carboxylic acids is 1. The molecular formula is C5H9NO2. The number of allylic oxidation sites excluding steroid dienone is 1. The maximum Gasteiger partial charge on any atom is 0.322 e. The second-order valence-corrected chi connectivity index (χ2v) is 1.27. The van der Waals surface area contributed by atoms with Crippen LogP contribution in [-0.2, 0) is 4.79 Å². The van der Waals surface area contributed by atoms with Crippen molar-refractivity contribution in [3.8, 4) is 0 Å². The Morgan fingerprint density at radius 1 is 1.88 bits per heavy atom. The number of carboxylic acid groups (broad SMARTS) is 1. The molecule has 0 saturated carbocycles. The van der Waals surface area contributed by atoms with Crippen molar-refractivity contribution >= 4 is 5.97 Å². The van der Waals surface area contributed by atoms with Gasteiger partial charge in [0.25, 0.3) is 0 Å². The lowest BCUT2D eigenvalue weighted by Crippen LogP contribution is -2.16. The summed E-state index contributed by atoms with van der Waals surface area (Å²) in [7, 11) is 0. The smallest absolute Gasteiger partial charge is 0.322 e. The van der Waals surface area contributed by atoms with Crippen molar-refractivity contribution in [1.82, 2.24) is 5.32 Å². The number of rotatable bonds is 3. The van der Waals surface area contributed by atoms with Gasteiger partial charge in [-0.25, -0.2) is 0 Å². The normalized spacial score (nSPS) is 9.62. The first-order valence-electron chi connectivity index (χ1n) is 2.33. The molecule has 46 valence electrons. The predicted octanol–water partition coefficient (Wildman–Crippen LogP) is 0.194. The standard InChI is InChI=1S/C5H9NO2/c1-2-3-6-4-5(7)8/h2-3,6H,4H2,1H3,(H,7,8). The van der Waals surface area contributed by atoms with Crippen molar-refractivity contribution in [1.29, 1.82) is 0 Å². The molecule has 0 amide bonds. The number of aliphatic carboxylic acids is 1. The Bertz CT molecular complexity index is 98.6. The van der Waals surface area contributed by atoms with Gasteiger partial charge in [-0.15, -0.1) is 0 Å². The van der Waals surface area contributed by atoms with Gasteiger partial charge in [-0.3, -0.25) is 4.79 Å². The van der Waals surface area contributed by atoms with Gasteiger partial charge in [0.2, 0.25) is 0 Å². The summed E-state index contributed by atoms with van der Waals surface area (Å²) in [5.74, 6) is -0.844. The van der Waals surface area contributed by atoms with Crippen LogP contribution in [0, 0.1) is 0 Å². The van der Waals surface area contributed by atoms with Gasteiger partial charge in [0.1, 0.15) is 6.54 Å². The topological polar surface area (TPSA) is 49.3 Å². The average Bonchev–Trinajstić information content (AvgIpc) is 1.66. The van der Waals surface area contributed by atoms with E-state index in [0.29, 0.717) is 0 Å². The first-order chi connectivity index (χ1) is 3.77. The lowest BCUT2D eigenvalue weighted by molar-refractivity contribution is -0.135. The molecule has 0 fully saturated rings. The molecule has 0 aliphatic carbocycles. The van der Waals surface area contributed by atoms with Crippen molar-refractivity contribution in [2.75, 3.05) is 6.54 Å². The monoisotopic (exact) mass is 115 g/mol. The van der Waals surface area contributed by atoms with Gasteiger partial charge < -0.3 is 10.4 Å². The zero-order chi connectivity index (χ0) is 6.41. The maximum absolute atomic E-state index is 9.78. The molecule has 0 aromatic heterocycles. The van der Waals surface area contributed by atoms with E-state index in [4.69, 9.17) is 5.11 Å². The highest BCUT2D eigenvalue weighted by molar-refractivity contribution is 5.69. The average molecular weight is 115 g/mol. The highest BCUT2D eigenvalue weighted by Gasteiger charge is 1.87. The van der Waals surface area contributed by atoms with Crippen molar-refractivity contribution in [2.24, 2.45) is 0 Å². The van der Waals surface area contributed by atoms with Crippen LogP contribution in [0.4, 0.5) is 0 Å². The first kappa shape index (κ1) is 7.01. The molecule has 0 spiro atoms. The molecule has 0 aliphatic rings. The van der Waals surface area contributed by atoms with Gasteiger partial charge >= 0.3 is 5.97 Å². The van der Waals surface area contributed by atoms with Crippen LogP contribution in [0.5, 0.6) is 0 Å². The molecule has 0 aromatic rings. The Balaban J connectivity index is 3.05. The van der Waals surface area contributed by atoms with Gasteiger partial charge in [0.15, 0.2) is 0 Å². The fourth-order valence-corrected chi connectivity index (χ4v) is 0.264. The summed E-state index contributed by atoms with van der Waals surface area (Å²) >= 11 is 0. The van der Waals surface area contributed by atoms with Crippen LogP contribution in [-0.4, -0.2) is 17.6 Å². The van der Waals surface area contributed by atoms with Crippen LogP contribution in [0.15, 0.2) is 12.3 Å². The van der Waals surface area contributed by atoms with Crippen molar-refractivity contribution < 1.29 is 9.90 Å². The SMILES string of the molecule is CC=CNCC(=O)O. The molecule has 0 bridgehead atoms. The highest BCUT2D eigenvalue weighted by Crippen LogP contribution is 1.62. The second kappa shape index (κ2) is 4.18. The summed E-state index contributed by atoms with van der Waals surface area (Å²) < 4.78 is 0. The van der Waals surface area contributed by atoms with Crippen LogP contribution in [0.3, 0.4) is 0 Å². The van der Waals surface area contributed by atoms with Crippen LogP contribution in [0.25, 0.3) is 0 Å². The summed E-state index contributed by atoms with van der Waals surface area (Å²) in [6.45, 7) is 1.80. The number of hydrogen-bond acceptors (Lipinski definition) is 2. The highest BCUT2D eigenvalue weighted by atomic mass is 16.4. The van der Waals surface area contributed by atoms with Crippen LogP contribution < -0.4 is 5.32 Å². The Morgan fingerprint density at radius 3 is 2.88 bits per heavy atom. The second-order valence-electron chi connectivity index (χ2n) is 1.27. The summed E-state index contributed by atoms with van der Waals surface area (Å²) in [4.78, 5) is 9.78. The third-order valence-corrected chi connectivity index (χ3v) is 0.538. The van der Waals surface area contributed by atoms with Crippen LogP contribution >= 0.6 is 0 Å². The molecule has 0 unspecified atom stereocenters. The molecule has 8 heavy (non-hydrogen) atoms. The van der Waals surface area contributed by atoms with Gasteiger partial charge in [0.05, 0.1) is 0 Å². The minimum absolute atomic E-state index is 0.00958. The molecule has 0 radical (unpaired) electrons. The van der Waals surface area contributed by atoms with Gasteiger partial charge in [-0.2, -0.15) is 0 Å². The minimum Gasteiger partial charge on any atom is -0.480 e. The Kier molecular flexibility index (Phi) is 3.66. The minimum atomic E-state index is -0.844. The van der Waals surface area contributed by atoms with E-state index >= 15 is 0 Å². The maximum atomic E-state index is 9.78. The Labute approximate surface area is 48.0 Å². The van der Waals surface area contributed by atoms with E-state index in [1.54, 1.807) is 12.3 Å². The van der Waals surface area contributed by atoms with E-state index in [0.717, 1.165) is 0 Å². The van der Waals surface area contributed by atoms with E-state index in [1.165, 1.54) is 0 Å². The molecule has 0 rings (SSSR count). The molecule has 3 heteroatoms. The van der Waals surface area contributed by atoms with Crippen LogP contribution in [0.1, 0.15) is 6.92 Å². The predicted molar refractivity (Wildman–Crippen MR) is 30.5 cm³/mol. The third-order valence-electron chi connectivity index (χ3n) is 0.538. The summed E-state index contributed by atoms with van der Waals surface area (Å²) in [6.07, 6.45) is 3.33. The van der Waals surface area contributed by atoms with Crippen molar-refractivity contribution in [2.45, 2.75) is 6.92 Å². The fraction of sp³-hybridized carbons (Fsp3) is 0.400. The van der Waals surface area contributed by atoms with Gasteiger partial charge in [0, 0.05) is 0 Å². The molecule has 0 aliphatic heterocycles. The molecule has 0 saturated heterocycles. The van der Waals surface area contributed by atoms with Crippen molar-refractivity contribution in [3.05, 3.63) is 12.3 Å². The van der Waals surface area contributed by atoms with E-state index in [-0.39, 0.29) is 6.54 Å². The number of carbonyl (C=O) groups is 1. The summed E-state index contributed by atoms with van der Waals surface area (Å²) in [6, 6.07) is 0. The molecule has 3 nitrogen and oxygen atoms in total. The lowest BCUT2D eigenvalue weighted by atomic mass is 10.6. The molecule has 2 N–H and O–H groups in total. The Hall–Kier alpha value is -0.990. The van der Waals surface area contributed by atoms with Crippen molar-refractivity contribution in [3.63, 3.8) is 0 Å². The Morgan fingerprint density at radius 2 is 2.50 bits per heavy atom. The summed E-state index contributed by atoms with van der Waals surface area (Å²) in [5, 5.41) is 10.6.